The van der Waals surface area contributed by atoms with Crippen molar-refractivity contribution in [1.29, 1.82) is 0 Å². The number of carbonyl (C=O) groups is 1. The van der Waals surface area contributed by atoms with Crippen LogP contribution in [0.3, 0.4) is 0 Å². The molecule has 0 bridgehead atoms. The van der Waals surface area contributed by atoms with Crippen molar-refractivity contribution in [3.63, 3.8) is 0 Å². The molecule has 5 nitrogen and oxygen atoms in total. The number of nitrogens with zero attached hydrogens (tertiary/aromatic N) is 3. The zero-order valence-corrected chi connectivity index (χ0v) is 17.3. The van der Waals surface area contributed by atoms with Crippen LogP contribution in [0.15, 0.2) is 65.4 Å². The Balaban J connectivity index is 1.43. The van der Waals surface area contributed by atoms with E-state index in [2.05, 4.69) is 31.2 Å². The van der Waals surface area contributed by atoms with E-state index in [0.717, 1.165) is 40.7 Å². The van der Waals surface area contributed by atoms with Crippen LogP contribution in [0, 0.1) is 11.7 Å². The first-order valence-corrected chi connectivity index (χ1v) is 10.3. The summed E-state index contributed by atoms with van der Waals surface area (Å²) in [4.78, 5) is 23.6. The number of rotatable bonds is 4. The van der Waals surface area contributed by atoms with Gasteiger partial charge in [-0.05, 0) is 48.7 Å². The van der Waals surface area contributed by atoms with Crippen molar-refractivity contribution in [1.82, 2.24) is 9.97 Å². The van der Waals surface area contributed by atoms with Crippen LogP contribution in [-0.2, 0) is 4.79 Å². The second-order valence-corrected chi connectivity index (χ2v) is 7.98. The van der Waals surface area contributed by atoms with Crippen LogP contribution >= 0.6 is 15.9 Å². The number of nitrogens with one attached hydrogen (secondary N) is 1. The number of hydrogen-bond acceptors (Lipinski definition) is 4. The van der Waals surface area contributed by atoms with E-state index in [-0.39, 0.29) is 17.6 Å². The molecule has 1 unspecified atom stereocenters. The molecule has 1 N–H and O–H groups in total. The summed E-state index contributed by atoms with van der Waals surface area (Å²) >= 11 is 3.42. The minimum absolute atomic E-state index is 0.00387. The summed E-state index contributed by atoms with van der Waals surface area (Å²) in [6, 6.07) is 13.9. The van der Waals surface area contributed by atoms with E-state index in [1.807, 2.05) is 35.2 Å². The summed E-state index contributed by atoms with van der Waals surface area (Å²) in [7, 11) is 0. The Bertz CT molecular complexity index is 1010. The van der Waals surface area contributed by atoms with Gasteiger partial charge in [0.25, 0.3) is 0 Å². The third-order valence-corrected chi connectivity index (χ3v) is 5.46. The molecule has 1 saturated heterocycles. The summed E-state index contributed by atoms with van der Waals surface area (Å²) in [6.07, 6.45) is 5.12. The molecule has 148 valence electrons. The van der Waals surface area contributed by atoms with Crippen molar-refractivity contribution >= 4 is 33.5 Å². The van der Waals surface area contributed by atoms with Crippen molar-refractivity contribution in [3.05, 3.63) is 71.2 Å². The molecule has 1 aromatic heterocycles. The van der Waals surface area contributed by atoms with Gasteiger partial charge < -0.3 is 10.2 Å². The molecule has 7 heteroatoms. The van der Waals surface area contributed by atoms with Gasteiger partial charge in [0.1, 0.15) is 5.82 Å². The molecule has 1 aliphatic heterocycles. The predicted molar refractivity (Wildman–Crippen MR) is 115 cm³/mol. The van der Waals surface area contributed by atoms with Gasteiger partial charge in [-0.15, -0.1) is 0 Å². The van der Waals surface area contributed by atoms with E-state index in [0.29, 0.717) is 12.5 Å². The van der Waals surface area contributed by atoms with Gasteiger partial charge in [0.15, 0.2) is 0 Å². The highest BCUT2D eigenvalue weighted by atomic mass is 79.9. The van der Waals surface area contributed by atoms with Crippen molar-refractivity contribution in [2.24, 2.45) is 5.92 Å². The summed E-state index contributed by atoms with van der Waals surface area (Å²) in [5.74, 6) is 0.172. The van der Waals surface area contributed by atoms with Crippen LogP contribution in [0.4, 0.5) is 16.0 Å². The van der Waals surface area contributed by atoms with Crippen LogP contribution in [0.25, 0.3) is 11.1 Å². The molecular formula is C22H20BrFN4O. The van der Waals surface area contributed by atoms with E-state index < -0.39 is 0 Å². The summed E-state index contributed by atoms with van der Waals surface area (Å²) < 4.78 is 14.4. The standard InChI is InChI=1S/C22H20BrFN4O/c23-18-6-2-8-20(11-18)27-21(29)16-5-3-9-28(14-16)22-25-12-17(13-26-22)15-4-1-7-19(24)10-15/h1-2,4,6-8,10-13,16H,3,5,9,14H2,(H,27,29). The number of aromatic nitrogens is 2. The van der Waals surface area contributed by atoms with Crippen LogP contribution in [0.2, 0.25) is 0 Å². The van der Waals surface area contributed by atoms with Gasteiger partial charge in [0.05, 0.1) is 5.92 Å². The number of halogens is 2. The minimum Gasteiger partial charge on any atom is -0.340 e. The zero-order chi connectivity index (χ0) is 20.2. The molecule has 29 heavy (non-hydrogen) atoms. The minimum atomic E-state index is -0.290. The van der Waals surface area contributed by atoms with Gasteiger partial charge >= 0.3 is 0 Å². The fourth-order valence-corrected chi connectivity index (χ4v) is 3.88. The largest absolute Gasteiger partial charge is 0.340 e. The van der Waals surface area contributed by atoms with E-state index in [9.17, 15) is 9.18 Å². The van der Waals surface area contributed by atoms with E-state index in [1.54, 1.807) is 18.5 Å². The van der Waals surface area contributed by atoms with Gasteiger partial charge in [-0.3, -0.25) is 4.79 Å². The van der Waals surface area contributed by atoms with Crippen molar-refractivity contribution < 1.29 is 9.18 Å². The molecule has 3 aromatic rings. The number of anilines is 2. The highest BCUT2D eigenvalue weighted by molar-refractivity contribution is 9.10. The first kappa shape index (κ1) is 19.5. The average Bonchev–Trinajstić information content (AvgIpc) is 2.74. The quantitative estimate of drug-likeness (QED) is 0.608. The van der Waals surface area contributed by atoms with Gasteiger partial charge in [-0.1, -0.05) is 34.1 Å². The molecule has 1 amide bonds. The van der Waals surface area contributed by atoms with Crippen LogP contribution < -0.4 is 10.2 Å². The summed E-state index contributed by atoms with van der Waals surface area (Å²) in [5, 5.41) is 2.99. The SMILES string of the molecule is O=C(Nc1cccc(Br)c1)C1CCCN(c2ncc(-c3cccc(F)c3)cn2)C1. The molecule has 1 fully saturated rings. The number of carbonyl (C=O) groups excluding carboxylic acids is 1. The highest BCUT2D eigenvalue weighted by Crippen LogP contribution is 2.24. The maximum absolute atomic E-state index is 13.4. The smallest absolute Gasteiger partial charge is 0.229 e. The van der Waals surface area contributed by atoms with E-state index in [4.69, 9.17) is 0 Å². The van der Waals surface area contributed by atoms with Gasteiger partial charge in [0, 0.05) is 41.2 Å². The fraction of sp³-hybridized carbons (Fsp3) is 0.227. The first-order chi connectivity index (χ1) is 14.1. The van der Waals surface area contributed by atoms with Crippen molar-refractivity contribution in [2.75, 3.05) is 23.3 Å². The molecule has 0 saturated carbocycles. The third-order valence-electron chi connectivity index (χ3n) is 4.96. The monoisotopic (exact) mass is 454 g/mol. The number of amides is 1. The lowest BCUT2D eigenvalue weighted by atomic mass is 9.97. The fourth-order valence-electron chi connectivity index (χ4n) is 3.48. The van der Waals surface area contributed by atoms with Crippen LogP contribution in [0.5, 0.6) is 0 Å². The molecule has 0 radical (unpaired) electrons. The third kappa shape index (κ3) is 4.79. The Morgan fingerprint density at radius 2 is 1.90 bits per heavy atom. The van der Waals surface area contributed by atoms with Gasteiger partial charge in [0.2, 0.25) is 11.9 Å². The lowest BCUT2D eigenvalue weighted by molar-refractivity contribution is -0.120. The van der Waals surface area contributed by atoms with Gasteiger partial charge in [-0.2, -0.15) is 0 Å². The second kappa shape index (κ2) is 8.69. The lowest BCUT2D eigenvalue weighted by Crippen LogP contribution is -2.41. The highest BCUT2D eigenvalue weighted by Gasteiger charge is 2.27. The number of benzene rings is 2. The normalized spacial score (nSPS) is 16.5. The maximum Gasteiger partial charge on any atom is 0.229 e. The summed E-state index contributed by atoms with van der Waals surface area (Å²) in [6.45, 7) is 1.37. The molecule has 0 spiro atoms. The molecule has 1 aliphatic rings. The van der Waals surface area contributed by atoms with E-state index in [1.165, 1.54) is 12.1 Å². The zero-order valence-electron chi connectivity index (χ0n) is 15.7. The van der Waals surface area contributed by atoms with E-state index >= 15 is 0 Å². The van der Waals surface area contributed by atoms with Crippen molar-refractivity contribution in [2.45, 2.75) is 12.8 Å². The molecule has 0 aliphatic carbocycles. The number of hydrogen-bond donors (Lipinski definition) is 1. The molecule has 2 aromatic carbocycles. The average molecular weight is 455 g/mol. The van der Waals surface area contributed by atoms with Gasteiger partial charge in [-0.25, -0.2) is 14.4 Å². The Kier molecular flexibility index (Phi) is 5.85. The maximum atomic E-state index is 13.4. The van der Waals surface area contributed by atoms with Crippen LogP contribution in [0.1, 0.15) is 12.8 Å². The Morgan fingerprint density at radius 1 is 1.10 bits per heavy atom. The van der Waals surface area contributed by atoms with Crippen molar-refractivity contribution in [3.8, 4) is 11.1 Å². The molecule has 2 heterocycles. The molecule has 1 atom stereocenters. The number of piperidine rings is 1. The Morgan fingerprint density at radius 3 is 2.66 bits per heavy atom. The Labute approximate surface area is 177 Å². The first-order valence-electron chi connectivity index (χ1n) is 9.48. The second-order valence-electron chi connectivity index (χ2n) is 7.07. The summed E-state index contributed by atoms with van der Waals surface area (Å²) in [5.41, 5.74) is 2.27. The predicted octanol–water partition coefficient (Wildman–Crippen LogP) is 4.90. The Hall–Kier alpha value is -2.80. The van der Waals surface area contributed by atoms with Crippen LogP contribution in [-0.4, -0.2) is 29.0 Å². The lowest BCUT2D eigenvalue weighted by Gasteiger charge is -2.32. The topological polar surface area (TPSA) is 58.1 Å². The molecular weight excluding hydrogens is 435 g/mol. The molecule has 4 rings (SSSR count).